The van der Waals surface area contributed by atoms with Crippen molar-refractivity contribution in [1.82, 2.24) is 9.78 Å². The van der Waals surface area contributed by atoms with Crippen molar-refractivity contribution in [2.24, 2.45) is 10.2 Å². The molecular formula is C23H20N6+2. The molecular weight excluding hydrogens is 360 g/mol. The van der Waals surface area contributed by atoms with E-state index in [0.717, 1.165) is 39.4 Å². The van der Waals surface area contributed by atoms with Crippen molar-refractivity contribution in [2.45, 2.75) is 0 Å². The predicted molar refractivity (Wildman–Crippen MR) is 112 cm³/mol. The van der Waals surface area contributed by atoms with Crippen LogP contribution < -0.4 is 11.1 Å². The van der Waals surface area contributed by atoms with Crippen LogP contribution in [-0.4, -0.2) is 9.78 Å². The lowest BCUT2D eigenvalue weighted by molar-refractivity contribution is -0.210. The molecule has 1 aromatic heterocycles. The van der Waals surface area contributed by atoms with E-state index < -0.39 is 0 Å². The van der Waals surface area contributed by atoms with Crippen LogP contribution in [0.1, 0.15) is 11.1 Å². The van der Waals surface area contributed by atoms with Gasteiger partial charge in [0.25, 0.3) is 0 Å². The van der Waals surface area contributed by atoms with Gasteiger partial charge in [-0.2, -0.15) is 16.2 Å². The number of rotatable bonds is 6. The Morgan fingerprint density at radius 2 is 1.34 bits per heavy atom. The number of benzene rings is 3. The zero-order valence-electron chi connectivity index (χ0n) is 15.7. The third kappa shape index (κ3) is 4.06. The lowest BCUT2D eigenvalue weighted by Crippen LogP contribution is -2.21. The van der Waals surface area contributed by atoms with Gasteiger partial charge >= 0.3 is 0 Å². The Balaban J connectivity index is 1.73. The largest absolute Gasteiger partial charge is 0.240 e. The Morgan fingerprint density at radius 3 is 1.97 bits per heavy atom. The number of nitrogens with zero attached hydrogens (tertiary/aromatic N) is 4. The van der Waals surface area contributed by atoms with Gasteiger partial charge in [0.2, 0.25) is 0 Å². The summed E-state index contributed by atoms with van der Waals surface area (Å²) in [6, 6.07) is 25.4. The first-order valence-corrected chi connectivity index (χ1v) is 9.12. The first-order chi connectivity index (χ1) is 14.3. The van der Waals surface area contributed by atoms with Gasteiger partial charge in [-0.05, 0) is 52.2 Å². The Morgan fingerprint density at radius 1 is 0.724 bits per heavy atom. The summed E-state index contributed by atoms with van der Waals surface area (Å²) in [6.45, 7) is 0. The fraction of sp³-hybridized carbons (Fsp3) is 0. The van der Waals surface area contributed by atoms with E-state index in [1.165, 1.54) is 0 Å². The Bertz CT molecular complexity index is 1160. The highest BCUT2D eigenvalue weighted by Gasteiger charge is 2.10. The van der Waals surface area contributed by atoms with Gasteiger partial charge in [0.1, 0.15) is 11.4 Å². The zero-order chi connectivity index (χ0) is 20.1. The van der Waals surface area contributed by atoms with E-state index in [1.807, 2.05) is 83.7 Å². The van der Waals surface area contributed by atoms with Crippen molar-refractivity contribution in [1.29, 1.82) is 0 Å². The van der Waals surface area contributed by atoms with Crippen molar-refractivity contribution in [3.05, 3.63) is 96.2 Å². The molecule has 0 saturated carbocycles. The molecule has 0 saturated heterocycles. The monoisotopic (exact) mass is 380 g/mol. The zero-order valence-corrected chi connectivity index (χ0v) is 15.7. The molecule has 0 aliphatic heterocycles. The summed E-state index contributed by atoms with van der Waals surface area (Å²) in [5, 5.41) is 12.2. The molecule has 0 aliphatic rings. The molecule has 4 rings (SSSR count). The minimum absolute atomic E-state index is 0.719. The number of hydrogen-bond acceptors (Lipinski definition) is 3. The van der Waals surface area contributed by atoms with Crippen LogP contribution in [0.15, 0.2) is 95.3 Å². The van der Waals surface area contributed by atoms with Gasteiger partial charge in [-0.15, -0.1) is 0 Å². The van der Waals surface area contributed by atoms with Crippen LogP contribution in [-0.2, 0) is 0 Å². The fourth-order valence-corrected chi connectivity index (χ4v) is 3.01. The van der Waals surface area contributed by atoms with E-state index in [-0.39, 0.29) is 0 Å². The molecule has 0 fully saturated rings. The van der Waals surface area contributed by atoms with E-state index in [9.17, 15) is 0 Å². The van der Waals surface area contributed by atoms with Crippen molar-refractivity contribution in [3.8, 4) is 16.9 Å². The first-order valence-electron chi connectivity index (χ1n) is 9.12. The molecule has 0 aliphatic carbocycles. The molecule has 140 valence electrons. The second kappa shape index (κ2) is 8.22. The summed E-state index contributed by atoms with van der Waals surface area (Å²) in [7, 11) is 0. The molecule has 0 unspecified atom stereocenters. The van der Waals surface area contributed by atoms with Crippen molar-refractivity contribution in [2.75, 3.05) is 0 Å². The second-order valence-corrected chi connectivity index (χ2v) is 6.44. The van der Waals surface area contributed by atoms with Gasteiger partial charge in [-0.25, -0.2) is 4.68 Å². The smallest absolute Gasteiger partial charge is 0.130 e. The average Bonchev–Trinajstić information content (AvgIpc) is 3.23. The SMILES string of the molecule is [NH2+]=Nc1ccc(C=Cc2cn(-c3ccc(N=[NH2+])cc3)nc2-c2ccccc2)cc1. The van der Waals surface area contributed by atoms with Crippen LogP contribution in [0.2, 0.25) is 0 Å². The number of hydrogen-bond donors (Lipinski definition) is 2. The van der Waals surface area contributed by atoms with Crippen LogP contribution in [0.5, 0.6) is 0 Å². The molecule has 1 heterocycles. The molecule has 29 heavy (non-hydrogen) atoms. The third-order valence-corrected chi connectivity index (χ3v) is 4.55. The van der Waals surface area contributed by atoms with Gasteiger partial charge < -0.3 is 0 Å². The fourth-order valence-electron chi connectivity index (χ4n) is 3.01. The third-order valence-electron chi connectivity index (χ3n) is 4.55. The van der Waals surface area contributed by atoms with Gasteiger partial charge in [-0.3, -0.25) is 0 Å². The van der Waals surface area contributed by atoms with Crippen LogP contribution in [0.25, 0.3) is 29.1 Å². The molecule has 0 radical (unpaired) electrons. The summed E-state index contributed by atoms with van der Waals surface area (Å²) in [5.74, 6) is 0. The maximum absolute atomic E-state index is 5.34. The van der Waals surface area contributed by atoms with Crippen molar-refractivity contribution >= 4 is 23.5 Å². The van der Waals surface area contributed by atoms with Gasteiger partial charge in [0.05, 0.1) is 11.4 Å². The molecule has 0 amide bonds. The van der Waals surface area contributed by atoms with E-state index in [4.69, 9.17) is 16.2 Å². The van der Waals surface area contributed by atoms with Crippen molar-refractivity contribution < 1.29 is 11.1 Å². The predicted octanol–water partition coefficient (Wildman–Crippen LogP) is 3.40. The van der Waals surface area contributed by atoms with E-state index in [2.05, 4.69) is 28.4 Å². The first kappa shape index (κ1) is 18.2. The molecule has 0 atom stereocenters. The molecule has 6 heteroatoms. The minimum Gasteiger partial charge on any atom is -0.240 e. The van der Waals surface area contributed by atoms with Gasteiger partial charge in [0.15, 0.2) is 0 Å². The maximum Gasteiger partial charge on any atom is 0.130 e. The lowest BCUT2D eigenvalue weighted by Gasteiger charge is -2.00. The van der Waals surface area contributed by atoms with E-state index in [0.29, 0.717) is 0 Å². The Kier molecular flexibility index (Phi) is 5.16. The number of nitrogens with two attached hydrogens (primary N) is 2. The van der Waals surface area contributed by atoms with E-state index >= 15 is 0 Å². The normalized spacial score (nSPS) is 10.9. The Hall–Kier alpha value is -4.19. The average molecular weight is 380 g/mol. The highest BCUT2D eigenvalue weighted by atomic mass is 15.3. The summed E-state index contributed by atoms with van der Waals surface area (Å²) < 4.78 is 1.86. The summed E-state index contributed by atoms with van der Waals surface area (Å²) in [6.07, 6.45) is 6.12. The lowest BCUT2D eigenvalue weighted by atomic mass is 10.1. The Labute approximate surface area is 168 Å². The van der Waals surface area contributed by atoms with Crippen LogP contribution >= 0.6 is 0 Å². The minimum atomic E-state index is 0.719. The molecule has 4 aromatic rings. The molecule has 6 nitrogen and oxygen atoms in total. The highest BCUT2D eigenvalue weighted by Crippen LogP contribution is 2.26. The standard InChI is InChI=1S/C23H18N6/c24-26-20-10-7-17(8-11-20)6-9-19-16-29(22-14-12-21(27-25)13-15-22)28-23(19)18-4-2-1-3-5-18/h1-16,24-25H/p+2. The molecule has 0 bridgehead atoms. The maximum atomic E-state index is 5.34. The molecule has 3 aromatic carbocycles. The number of aromatic nitrogens is 2. The van der Waals surface area contributed by atoms with Crippen molar-refractivity contribution in [3.63, 3.8) is 0 Å². The van der Waals surface area contributed by atoms with Crippen LogP contribution in [0.4, 0.5) is 11.4 Å². The summed E-state index contributed by atoms with van der Waals surface area (Å²) in [5.41, 5.74) is 17.1. The van der Waals surface area contributed by atoms with Gasteiger partial charge in [0, 0.05) is 17.3 Å². The molecule has 4 N–H and O–H groups in total. The summed E-state index contributed by atoms with van der Waals surface area (Å²) in [4.78, 5) is 0. The van der Waals surface area contributed by atoms with Crippen LogP contribution in [0, 0.1) is 0 Å². The van der Waals surface area contributed by atoms with Crippen LogP contribution in [0.3, 0.4) is 0 Å². The van der Waals surface area contributed by atoms with Gasteiger partial charge in [-0.1, -0.05) is 54.6 Å². The highest BCUT2D eigenvalue weighted by molar-refractivity contribution is 5.79. The topological polar surface area (TPSA) is 93.7 Å². The molecule has 0 spiro atoms. The second-order valence-electron chi connectivity index (χ2n) is 6.44. The quantitative estimate of drug-likeness (QED) is 0.493. The van der Waals surface area contributed by atoms with E-state index in [1.54, 1.807) is 0 Å². The summed E-state index contributed by atoms with van der Waals surface area (Å²) >= 11 is 0.